The Labute approximate surface area is 125 Å². The lowest BCUT2D eigenvalue weighted by atomic mass is 9.97. The van der Waals surface area contributed by atoms with Crippen molar-refractivity contribution in [1.82, 2.24) is 4.90 Å². The Morgan fingerprint density at radius 2 is 2.00 bits per heavy atom. The van der Waals surface area contributed by atoms with Crippen LogP contribution in [-0.2, 0) is 14.3 Å². The van der Waals surface area contributed by atoms with Gasteiger partial charge in [-0.05, 0) is 46.8 Å². The Bertz CT molecular complexity index is 367. The van der Waals surface area contributed by atoms with Gasteiger partial charge in [-0.25, -0.2) is 4.79 Å². The Morgan fingerprint density at radius 1 is 1.35 bits per heavy atom. The highest BCUT2D eigenvalue weighted by Gasteiger charge is 2.45. The number of thioether (sulfide) groups is 1. The van der Waals surface area contributed by atoms with Gasteiger partial charge >= 0.3 is 12.1 Å². The molecule has 1 heterocycles. The highest BCUT2D eigenvalue weighted by molar-refractivity contribution is 8.00. The van der Waals surface area contributed by atoms with E-state index in [9.17, 15) is 9.59 Å². The second-order valence-corrected chi connectivity index (χ2v) is 7.11. The molecule has 6 heteroatoms. The number of hydrogen-bond donors (Lipinski definition) is 0. The minimum atomic E-state index is -0.662. The largest absolute Gasteiger partial charge is 0.465 e. The lowest BCUT2D eigenvalue weighted by molar-refractivity contribution is -0.147. The molecule has 0 spiro atoms. The van der Waals surface area contributed by atoms with E-state index in [0.29, 0.717) is 19.7 Å². The summed E-state index contributed by atoms with van der Waals surface area (Å²) in [5, 5.41) is 0. The van der Waals surface area contributed by atoms with Crippen molar-refractivity contribution in [2.45, 2.75) is 50.9 Å². The van der Waals surface area contributed by atoms with E-state index in [2.05, 4.69) is 0 Å². The van der Waals surface area contributed by atoms with E-state index >= 15 is 0 Å². The Kier molecular flexibility index (Phi) is 5.74. The predicted molar refractivity (Wildman–Crippen MR) is 79.9 cm³/mol. The molecule has 0 aliphatic carbocycles. The number of carbonyl (C=O) groups is 2. The van der Waals surface area contributed by atoms with Crippen molar-refractivity contribution in [2.24, 2.45) is 0 Å². The molecular formula is C14H25NO4S. The number of nitrogens with zero attached hydrogens (tertiary/aromatic N) is 1. The zero-order chi connectivity index (χ0) is 15.4. The molecule has 0 saturated carbocycles. The molecule has 0 aromatic rings. The smallest absolute Gasteiger partial charge is 0.410 e. The van der Waals surface area contributed by atoms with Crippen LogP contribution in [-0.4, -0.2) is 53.3 Å². The zero-order valence-electron chi connectivity index (χ0n) is 13.0. The molecule has 5 nitrogen and oxygen atoms in total. The lowest BCUT2D eigenvalue weighted by Crippen LogP contribution is -2.54. The number of piperidine rings is 1. The average Bonchev–Trinajstić information content (AvgIpc) is 2.37. The molecule has 0 N–H and O–H groups in total. The molecule has 1 rings (SSSR count). The molecule has 1 amide bonds. The van der Waals surface area contributed by atoms with Crippen LogP contribution in [0.4, 0.5) is 4.79 Å². The van der Waals surface area contributed by atoms with Crippen LogP contribution < -0.4 is 0 Å². The summed E-state index contributed by atoms with van der Waals surface area (Å²) in [5.74, 6) is -0.235. The van der Waals surface area contributed by atoms with Crippen molar-refractivity contribution in [3.8, 4) is 0 Å². The number of likely N-dealkylation sites (tertiary alicyclic amines) is 1. The van der Waals surface area contributed by atoms with Gasteiger partial charge in [0, 0.05) is 13.1 Å². The topological polar surface area (TPSA) is 55.8 Å². The molecule has 0 radical (unpaired) electrons. The molecular weight excluding hydrogens is 278 g/mol. The van der Waals surface area contributed by atoms with Gasteiger partial charge in [0.1, 0.15) is 10.3 Å². The molecule has 1 aliphatic heterocycles. The highest BCUT2D eigenvalue weighted by atomic mass is 32.2. The maximum atomic E-state index is 12.2. The van der Waals surface area contributed by atoms with Gasteiger partial charge in [-0.2, -0.15) is 0 Å². The van der Waals surface area contributed by atoms with Crippen molar-refractivity contribution in [1.29, 1.82) is 0 Å². The number of amides is 1. The Morgan fingerprint density at radius 3 is 2.50 bits per heavy atom. The number of esters is 1. The van der Waals surface area contributed by atoms with Crippen molar-refractivity contribution in [2.75, 3.05) is 26.0 Å². The third-order valence-corrected chi connectivity index (χ3v) is 4.43. The minimum absolute atomic E-state index is 0.235. The fourth-order valence-electron chi connectivity index (χ4n) is 2.18. The SMILES string of the molecule is CCOC(=O)C1(SC)CCCN(C(=O)OC(C)(C)C)C1. The van der Waals surface area contributed by atoms with Gasteiger partial charge in [-0.1, -0.05) is 0 Å². The molecule has 0 aromatic heterocycles. The molecule has 1 unspecified atom stereocenters. The van der Waals surface area contributed by atoms with Crippen LogP contribution in [0.25, 0.3) is 0 Å². The van der Waals surface area contributed by atoms with E-state index in [1.165, 1.54) is 11.8 Å². The second-order valence-electron chi connectivity index (χ2n) is 5.92. The average molecular weight is 303 g/mol. The van der Waals surface area contributed by atoms with E-state index in [4.69, 9.17) is 9.47 Å². The van der Waals surface area contributed by atoms with Gasteiger partial charge in [-0.3, -0.25) is 4.79 Å². The molecule has 0 bridgehead atoms. The van der Waals surface area contributed by atoms with Crippen LogP contribution in [0.3, 0.4) is 0 Å². The zero-order valence-corrected chi connectivity index (χ0v) is 13.8. The maximum absolute atomic E-state index is 12.2. The van der Waals surface area contributed by atoms with Gasteiger partial charge in [0.05, 0.1) is 6.61 Å². The van der Waals surface area contributed by atoms with Crippen LogP contribution in [0.15, 0.2) is 0 Å². The van der Waals surface area contributed by atoms with E-state index < -0.39 is 10.3 Å². The van der Waals surface area contributed by atoms with E-state index in [0.717, 1.165) is 12.8 Å². The number of hydrogen-bond acceptors (Lipinski definition) is 5. The molecule has 1 fully saturated rings. The van der Waals surface area contributed by atoms with Gasteiger partial charge < -0.3 is 14.4 Å². The van der Waals surface area contributed by atoms with Crippen LogP contribution in [0, 0.1) is 0 Å². The summed E-state index contributed by atoms with van der Waals surface area (Å²) >= 11 is 1.46. The Hall–Kier alpha value is -0.910. The Balaban J connectivity index is 2.78. The predicted octanol–water partition coefficient (Wildman–Crippen LogP) is 2.68. The first-order valence-electron chi connectivity index (χ1n) is 6.94. The summed E-state index contributed by atoms with van der Waals surface area (Å²) in [4.78, 5) is 25.9. The fourth-order valence-corrected chi connectivity index (χ4v) is 3.04. The highest BCUT2D eigenvalue weighted by Crippen LogP contribution is 2.35. The number of rotatable bonds is 3. The van der Waals surface area contributed by atoms with Crippen LogP contribution in [0.2, 0.25) is 0 Å². The van der Waals surface area contributed by atoms with Gasteiger partial charge in [-0.15, -0.1) is 11.8 Å². The first-order chi connectivity index (χ1) is 9.24. The van der Waals surface area contributed by atoms with Gasteiger partial charge in [0.25, 0.3) is 0 Å². The molecule has 20 heavy (non-hydrogen) atoms. The van der Waals surface area contributed by atoms with Crippen molar-refractivity contribution in [3.05, 3.63) is 0 Å². The van der Waals surface area contributed by atoms with E-state index in [1.807, 2.05) is 27.0 Å². The second kappa shape index (κ2) is 6.70. The van der Waals surface area contributed by atoms with E-state index in [1.54, 1.807) is 11.8 Å². The van der Waals surface area contributed by atoms with Crippen molar-refractivity contribution in [3.63, 3.8) is 0 Å². The maximum Gasteiger partial charge on any atom is 0.410 e. The third kappa shape index (κ3) is 4.30. The first kappa shape index (κ1) is 17.1. The summed E-state index contributed by atoms with van der Waals surface area (Å²) in [6.07, 6.45) is 3.03. The monoisotopic (exact) mass is 303 g/mol. The molecule has 1 aliphatic rings. The summed E-state index contributed by atoms with van der Waals surface area (Å²) < 4.78 is 9.88. The first-order valence-corrected chi connectivity index (χ1v) is 8.17. The standard InChI is InChI=1S/C14H25NO4S/c1-6-18-11(16)14(20-5)8-7-9-15(10-14)12(17)19-13(2,3)4/h6-10H2,1-5H3. The molecule has 1 saturated heterocycles. The molecule has 0 aromatic carbocycles. The summed E-state index contributed by atoms with van der Waals surface area (Å²) in [7, 11) is 0. The molecule has 116 valence electrons. The normalized spacial score (nSPS) is 23.4. The minimum Gasteiger partial charge on any atom is -0.465 e. The summed E-state index contributed by atoms with van der Waals surface area (Å²) in [6.45, 7) is 8.62. The third-order valence-electron chi connectivity index (χ3n) is 3.14. The number of carbonyl (C=O) groups excluding carboxylic acids is 2. The van der Waals surface area contributed by atoms with Gasteiger partial charge in [0.2, 0.25) is 0 Å². The molecule has 1 atom stereocenters. The fraction of sp³-hybridized carbons (Fsp3) is 0.857. The van der Waals surface area contributed by atoms with Gasteiger partial charge in [0.15, 0.2) is 0 Å². The van der Waals surface area contributed by atoms with Crippen molar-refractivity contribution < 1.29 is 19.1 Å². The lowest BCUT2D eigenvalue weighted by Gasteiger charge is -2.40. The van der Waals surface area contributed by atoms with E-state index in [-0.39, 0.29) is 12.1 Å². The quantitative estimate of drug-likeness (QED) is 0.750. The van der Waals surface area contributed by atoms with Crippen LogP contribution >= 0.6 is 11.8 Å². The number of ether oxygens (including phenoxy) is 2. The van der Waals surface area contributed by atoms with Crippen molar-refractivity contribution >= 4 is 23.8 Å². The van der Waals surface area contributed by atoms with Crippen LogP contribution in [0.1, 0.15) is 40.5 Å². The van der Waals surface area contributed by atoms with Crippen LogP contribution in [0.5, 0.6) is 0 Å². The summed E-state index contributed by atoms with van der Waals surface area (Å²) in [6, 6.07) is 0. The summed E-state index contributed by atoms with van der Waals surface area (Å²) in [5.41, 5.74) is -0.527.